The van der Waals surface area contributed by atoms with Gasteiger partial charge in [-0.1, -0.05) is 44.5 Å². The molecule has 1 aliphatic heterocycles. The molecule has 0 amide bonds. The first kappa shape index (κ1) is 16.5. The van der Waals surface area contributed by atoms with Crippen molar-refractivity contribution in [2.45, 2.75) is 65.0 Å². The maximum atomic E-state index is 3.70. The van der Waals surface area contributed by atoms with Crippen LogP contribution in [-0.4, -0.2) is 30.6 Å². The Labute approximate surface area is 130 Å². The zero-order valence-electron chi connectivity index (χ0n) is 14.2. The van der Waals surface area contributed by atoms with E-state index in [9.17, 15) is 0 Å². The second kappa shape index (κ2) is 7.95. The summed E-state index contributed by atoms with van der Waals surface area (Å²) in [6, 6.07) is 10.2. The molecule has 0 radical (unpaired) electrons. The van der Waals surface area contributed by atoms with E-state index < -0.39 is 0 Å². The van der Waals surface area contributed by atoms with Crippen LogP contribution in [0.1, 0.15) is 70.0 Å². The number of likely N-dealkylation sites (tertiary alicyclic amines) is 1. The van der Waals surface area contributed by atoms with E-state index in [1.54, 1.807) is 0 Å². The Kier molecular flexibility index (Phi) is 6.25. The minimum absolute atomic E-state index is 0.429. The van der Waals surface area contributed by atoms with Crippen LogP contribution in [-0.2, 0) is 0 Å². The van der Waals surface area contributed by atoms with E-state index in [2.05, 4.69) is 62.2 Å². The van der Waals surface area contributed by atoms with Crippen molar-refractivity contribution < 1.29 is 0 Å². The summed E-state index contributed by atoms with van der Waals surface area (Å²) in [6.07, 6.45) is 4.16. The number of rotatable bonds is 6. The predicted octanol–water partition coefficient (Wildman–Crippen LogP) is 4.34. The molecule has 1 N–H and O–H groups in total. The molecule has 0 saturated carbocycles. The zero-order chi connectivity index (χ0) is 15.2. The van der Waals surface area contributed by atoms with Crippen LogP contribution in [0.5, 0.6) is 0 Å². The highest BCUT2D eigenvalue weighted by Gasteiger charge is 2.17. The van der Waals surface area contributed by atoms with E-state index in [1.165, 1.54) is 43.5 Å². The number of hydrogen-bond donors (Lipinski definition) is 1. The summed E-state index contributed by atoms with van der Waals surface area (Å²) in [5, 5.41) is 3.70. The summed E-state index contributed by atoms with van der Waals surface area (Å²) in [4.78, 5) is 2.63. The third kappa shape index (κ3) is 4.82. The second-order valence-electron chi connectivity index (χ2n) is 6.90. The molecule has 1 saturated heterocycles. The fourth-order valence-electron chi connectivity index (χ4n) is 3.12. The number of benzene rings is 1. The largest absolute Gasteiger partial charge is 0.309 e. The van der Waals surface area contributed by atoms with Crippen LogP contribution >= 0.6 is 0 Å². The molecule has 2 heteroatoms. The second-order valence-corrected chi connectivity index (χ2v) is 6.90. The Bertz CT molecular complexity index is 404. The molecule has 2 nitrogen and oxygen atoms in total. The molecule has 21 heavy (non-hydrogen) atoms. The Morgan fingerprint density at radius 2 is 1.48 bits per heavy atom. The van der Waals surface area contributed by atoms with Gasteiger partial charge in [0.05, 0.1) is 0 Å². The van der Waals surface area contributed by atoms with Gasteiger partial charge in [0.1, 0.15) is 0 Å². The average molecular weight is 288 g/mol. The zero-order valence-corrected chi connectivity index (χ0v) is 14.2. The third-order valence-electron chi connectivity index (χ3n) is 4.84. The molecule has 2 unspecified atom stereocenters. The third-order valence-corrected chi connectivity index (χ3v) is 4.84. The van der Waals surface area contributed by atoms with E-state index in [-0.39, 0.29) is 0 Å². The Balaban J connectivity index is 1.81. The van der Waals surface area contributed by atoms with E-state index in [0.717, 1.165) is 6.54 Å². The molecule has 1 aromatic rings. The van der Waals surface area contributed by atoms with Gasteiger partial charge in [0.25, 0.3) is 0 Å². The molecule has 1 heterocycles. The van der Waals surface area contributed by atoms with E-state index >= 15 is 0 Å². The average Bonchev–Trinajstić information content (AvgIpc) is 2.53. The lowest BCUT2D eigenvalue weighted by atomic mass is 9.99. The van der Waals surface area contributed by atoms with Gasteiger partial charge in [0, 0.05) is 18.6 Å². The van der Waals surface area contributed by atoms with Crippen molar-refractivity contribution in [1.29, 1.82) is 0 Å². The topological polar surface area (TPSA) is 15.3 Å². The van der Waals surface area contributed by atoms with E-state index in [0.29, 0.717) is 18.0 Å². The molecule has 1 fully saturated rings. The Morgan fingerprint density at radius 1 is 0.905 bits per heavy atom. The molecule has 0 spiro atoms. The highest BCUT2D eigenvalue weighted by Crippen LogP contribution is 2.19. The lowest BCUT2D eigenvalue weighted by Crippen LogP contribution is -2.43. The van der Waals surface area contributed by atoms with Crippen LogP contribution in [0.4, 0.5) is 0 Å². The number of piperidine rings is 1. The van der Waals surface area contributed by atoms with E-state index in [4.69, 9.17) is 0 Å². The molecule has 2 atom stereocenters. The Morgan fingerprint density at radius 3 is 2.05 bits per heavy atom. The quantitative estimate of drug-likeness (QED) is 0.838. The normalized spacial score (nSPS) is 19.7. The molecule has 1 aliphatic rings. The lowest BCUT2D eigenvalue weighted by Gasteiger charge is -2.33. The maximum Gasteiger partial charge on any atom is 0.0292 e. The van der Waals surface area contributed by atoms with Gasteiger partial charge in [-0.2, -0.15) is 0 Å². The highest BCUT2D eigenvalue weighted by atomic mass is 15.2. The SMILES string of the molecule is CC(C)c1ccc(C(C)NCC(C)N2CCCCC2)cc1. The monoisotopic (exact) mass is 288 g/mol. The molecular formula is C19H32N2. The minimum atomic E-state index is 0.429. The summed E-state index contributed by atoms with van der Waals surface area (Å²) < 4.78 is 0. The van der Waals surface area contributed by atoms with Crippen molar-refractivity contribution in [3.63, 3.8) is 0 Å². The lowest BCUT2D eigenvalue weighted by molar-refractivity contribution is 0.168. The first-order chi connectivity index (χ1) is 10.1. The van der Waals surface area contributed by atoms with Gasteiger partial charge in [-0.05, 0) is 56.8 Å². The van der Waals surface area contributed by atoms with Gasteiger partial charge in [-0.3, -0.25) is 4.90 Å². The first-order valence-electron chi connectivity index (χ1n) is 8.65. The van der Waals surface area contributed by atoms with Crippen molar-refractivity contribution in [3.05, 3.63) is 35.4 Å². The first-order valence-corrected chi connectivity index (χ1v) is 8.65. The van der Waals surface area contributed by atoms with Crippen LogP contribution in [0.2, 0.25) is 0 Å². The fourth-order valence-corrected chi connectivity index (χ4v) is 3.12. The fraction of sp³-hybridized carbons (Fsp3) is 0.684. The van der Waals surface area contributed by atoms with Crippen molar-refractivity contribution in [1.82, 2.24) is 10.2 Å². The van der Waals surface area contributed by atoms with Gasteiger partial charge >= 0.3 is 0 Å². The summed E-state index contributed by atoms with van der Waals surface area (Å²) in [6.45, 7) is 12.8. The number of hydrogen-bond acceptors (Lipinski definition) is 2. The number of nitrogens with one attached hydrogen (secondary N) is 1. The molecule has 1 aromatic carbocycles. The molecule has 0 bridgehead atoms. The van der Waals surface area contributed by atoms with Crippen molar-refractivity contribution >= 4 is 0 Å². The van der Waals surface area contributed by atoms with Crippen molar-refractivity contribution in [3.8, 4) is 0 Å². The van der Waals surface area contributed by atoms with Crippen molar-refractivity contribution in [2.24, 2.45) is 0 Å². The van der Waals surface area contributed by atoms with Gasteiger partial charge < -0.3 is 5.32 Å². The maximum absolute atomic E-state index is 3.70. The van der Waals surface area contributed by atoms with Gasteiger partial charge in [-0.15, -0.1) is 0 Å². The van der Waals surface area contributed by atoms with Gasteiger partial charge in [-0.25, -0.2) is 0 Å². The van der Waals surface area contributed by atoms with Crippen molar-refractivity contribution in [2.75, 3.05) is 19.6 Å². The van der Waals surface area contributed by atoms with Gasteiger partial charge in [0.2, 0.25) is 0 Å². The Hall–Kier alpha value is -0.860. The molecule has 118 valence electrons. The minimum Gasteiger partial charge on any atom is -0.309 e. The molecule has 0 aromatic heterocycles. The summed E-state index contributed by atoms with van der Waals surface area (Å²) in [7, 11) is 0. The molecular weight excluding hydrogens is 256 g/mol. The van der Waals surface area contributed by atoms with Crippen LogP contribution < -0.4 is 5.32 Å². The van der Waals surface area contributed by atoms with Gasteiger partial charge in [0.15, 0.2) is 0 Å². The smallest absolute Gasteiger partial charge is 0.0292 e. The number of nitrogens with zero attached hydrogens (tertiary/aromatic N) is 1. The highest BCUT2D eigenvalue weighted by molar-refractivity contribution is 5.26. The predicted molar refractivity (Wildman–Crippen MR) is 91.8 cm³/mol. The molecule has 0 aliphatic carbocycles. The summed E-state index contributed by atoms with van der Waals surface area (Å²) in [5.41, 5.74) is 2.82. The summed E-state index contributed by atoms with van der Waals surface area (Å²) >= 11 is 0. The van der Waals surface area contributed by atoms with Crippen LogP contribution in [0.15, 0.2) is 24.3 Å². The van der Waals surface area contributed by atoms with Crippen LogP contribution in [0.25, 0.3) is 0 Å². The van der Waals surface area contributed by atoms with E-state index in [1.807, 2.05) is 0 Å². The summed E-state index contributed by atoms with van der Waals surface area (Å²) in [5.74, 6) is 0.612. The standard InChI is InChI=1S/C19H32N2/c1-15(2)18-8-10-19(11-9-18)17(4)20-14-16(3)21-12-6-5-7-13-21/h8-11,15-17,20H,5-7,12-14H2,1-4H3. The van der Waals surface area contributed by atoms with Crippen LogP contribution in [0.3, 0.4) is 0 Å². The van der Waals surface area contributed by atoms with Crippen LogP contribution in [0, 0.1) is 0 Å². The molecule has 2 rings (SSSR count).